The first kappa shape index (κ1) is 26.3. The van der Waals surface area contributed by atoms with E-state index in [0.717, 1.165) is 42.5 Å². The van der Waals surface area contributed by atoms with Crippen LogP contribution in [0.3, 0.4) is 0 Å². The Morgan fingerprint density at radius 2 is 1.95 bits per heavy atom. The largest absolute Gasteiger partial charge is 0.463 e. The molecule has 2 bridgehead atoms. The highest BCUT2D eigenvalue weighted by molar-refractivity contribution is 7.86. The van der Waals surface area contributed by atoms with Crippen molar-refractivity contribution in [2.24, 2.45) is 5.92 Å². The highest BCUT2D eigenvalue weighted by Crippen LogP contribution is 2.48. The van der Waals surface area contributed by atoms with Crippen molar-refractivity contribution in [1.82, 2.24) is 30.5 Å². The van der Waals surface area contributed by atoms with Crippen LogP contribution >= 0.6 is 11.3 Å². The molecule has 8 rings (SSSR count). The van der Waals surface area contributed by atoms with Gasteiger partial charge in [0.25, 0.3) is 0 Å². The Bertz CT molecular complexity index is 1890. The predicted octanol–water partition coefficient (Wildman–Crippen LogP) is 4.81. The van der Waals surface area contributed by atoms with E-state index in [0.29, 0.717) is 50.6 Å². The van der Waals surface area contributed by atoms with Gasteiger partial charge in [-0.1, -0.05) is 0 Å². The van der Waals surface area contributed by atoms with Gasteiger partial charge in [-0.05, 0) is 37.5 Å². The Labute approximate surface area is 244 Å². The molecule has 0 saturated carbocycles. The topological polar surface area (TPSA) is 109 Å². The van der Waals surface area contributed by atoms with Gasteiger partial charge in [0, 0.05) is 75.9 Å². The minimum Gasteiger partial charge on any atom is -0.463 e. The third-order valence-electron chi connectivity index (χ3n) is 8.48. The summed E-state index contributed by atoms with van der Waals surface area (Å²) in [5.74, 6) is 2.13. The smallest absolute Gasteiger partial charge is 0.417 e. The molecule has 2 unspecified atom stereocenters. The van der Waals surface area contributed by atoms with E-state index in [4.69, 9.17) is 14.7 Å². The van der Waals surface area contributed by atoms with Crippen LogP contribution in [-0.4, -0.2) is 72.6 Å². The molecule has 7 heterocycles. The molecule has 0 aliphatic carbocycles. The highest BCUT2D eigenvalue weighted by atomic mass is 32.2. The first-order chi connectivity index (χ1) is 20.2. The average Bonchev–Trinajstić information content (AvgIpc) is 3.64. The van der Waals surface area contributed by atoms with Crippen molar-refractivity contribution in [1.29, 1.82) is 0 Å². The Morgan fingerprint density at radius 1 is 1.17 bits per heavy atom. The zero-order valence-electron chi connectivity index (χ0n) is 22.5. The first-order valence-corrected chi connectivity index (χ1v) is 16.2. The number of benzene rings is 1. The molecule has 2 N–H and O–H groups in total. The van der Waals surface area contributed by atoms with Crippen molar-refractivity contribution < 1.29 is 22.1 Å². The van der Waals surface area contributed by atoms with Crippen LogP contribution in [0, 0.1) is 12.8 Å². The van der Waals surface area contributed by atoms with E-state index in [2.05, 4.69) is 25.4 Å². The normalized spacial score (nSPS) is 24.1. The number of aromatic nitrogens is 5. The van der Waals surface area contributed by atoms with Gasteiger partial charge < -0.3 is 15.0 Å². The first-order valence-electron chi connectivity index (χ1n) is 13.8. The summed E-state index contributed by atoms with van der Waals surface area (Å²) in [6, 6.07) is 4.23. The number of ether oxygens (including phenoxy) is 1. The number of pyridine rings is 1. The number of fused-ring (bicyclic) bond motifs is 6. The summed E-state index contributed by atoms with van der Waals surface area (Å²) >= 11 is 1.30. The number of anilines is 1. The van der Waals surface area contributed by atoms with Crippen molar-refractivity contribution in [3.05, 3.63) is 35.7 Å². The highest BCUT2D eigenvalue weighted by Gasteiger charge is 2.39. The zero-order chi connectivity index (χ0) is 28.7. The third-order valence-corrected chi connectivity index (χ3v) is 11.3. The maximum atomic E-state index is 14.6. The molecule has 4 aromatic heterocycles. The van der Waals surface area contributed by atoms with Crippen LogP contribution in [0.25, 0.3) is 42.5 Å². The minimum absolute atomic E-state index is 0.00703. The Hall–Kier alpha value is -3.36. The molecular formula is C28H26F3N7O2S2. The zero-order valence-corrected chi connectivity index (χ0v) is 24.1. The summed E-state index contributed by atoms with van der Waals surface area (Å²) in [5, 5.41) is 12.4. The number of hydrogen-bond acceptors (Lipinski definition) is 9. The fraction of sp³-hybridized carbons (Fsp3) is 0.429. The molecule has 2 atom stereocenters. The average molecular weight is 614 g/mol. The molecule has 42 heavy (non-hydrogen) atoms. The maximum Gasteiger partial charge on any atom is 0.417 e. The van der Waals surface area contributed by atoms with Gasteiger partial charge in [0.05, 0.1) is 39.7 Å². The van der Waals surface area contributed by atoms with E-state index in [1.54, 1.807) is 6.20 Å². The van der Waals surface area contributed by atoms with Gasteiger partial charge in [-0.3, -0.25) is 14.3 Å². The molecule has 14 heteroatoms. The van der Waals surface area contributed by atoms with Crippen molar-refractivity contribution in [2.45, 2.75) is 38.0 Å². The second-order valence-electron chi connectivity index (χ2n) is 11.4. The lowest BCUT2D eigenvalue weighted by atomic mass is 9.94. The van der Waals surface area contributed by atoms with Crippen LogP contribution < -0.4 is 15.0 Å². The molecule has 1 aromatic carbocycles. The summed E-state index contributed by atoms with van der Waals surface area (Å²) in [6.07, 6.45) is 0.566. The summed E-state index contributed by atoms with van der Waals surface area (Å²) in [6.45, 7) is 3.37. The van der Waals surface area contributed by atoms with Crippen molar-refractivity contribution in [3.63, 3.8) is 0 Å². The summed E-state index contributed by atoms with van der Waals surface area (Å²) < 4.78 is 61.9. The van der Waals surface area contributed by atoms with E-state index in [1.807, 2.05) is 6.07 Å². The van der Waals surface area contributed by atoms with Crippen LogP contribution in [0.1, 0.15) is 24.0 Å². The van der Waals surface area contributed by atoms with Crippen LogP contribution in [0.15, 0.2) is 24.5 Å². The number of alkyl halides is 3. The van der Waals surface area contributed by atoms with E-state index < -0.39 is 22.5 Å². The van der Waals surface area contributed by atoms with Gasteiger partial charge in [0.2, 0.25) is 0 Å². The summed E-state index contributed by atoms with van der Waals surface area (Å²) in [5.41, 5.74) is 0.135. The number of aryl methyl sites for hydroxylation is 1. The van der Waals surface area contributed by atoms with Crippen LogP contribution in [0.5, 0.6) is 6.01 Å². The van der Waals surface area contributed by atoms with Gasteiger partial charge in [-0.25, -0.2) is 0 Å². The van der Waals surface area contributed by atoms with Crippen LogP contribution in [0.4, 0.5) is 19.0 Å². The van der Waals surface area contributed by atoms with Crippen molar-refractivity contribution in [2.75, 3.05) is 36.1 Å². The summed E-state index contributed by atoms with van der Waals surface area (Å²) in [7, 11) is -0.788. The number of nitrogens with zero attached hydrogens (tertiary/aromatic N) is 5. The van der Waals surface area contributed by atoms with Gasteiger partial charge in [-0.15, -0.1) is 11.3 Å². The lowest BCUT2D eigenvalue weighted by molar-refractivity contribution is -0.137. The second-order valence-corrected chi connectivity index (χ2v) is 14.0. The standard InChI is InChI=1S/C28H26F3N7O2S2/c1-13-6-19-18(7-33-37-19)20(22(13)28(29,30)31)23-24-17(4-5-32-23)21-25(38-8-15-2-3-16(9-38)34-15)35-27(36-26(21)41-24)40-10-14-11-42(39)12-14/h4-7,14-16,34H,2-3,8-12H2,1H3,(H,33,37). The Balaban J connectivity index is 1.34. The monoisotopic (exact) mass is 613 g/mol. The molecular weight excluding hydrogens is 587 g/mol. The van der Waals surface area contributed by atoms with Crippen LogP contribution in [-0.2, 0) is 17.0 Å². The number of thiophene rings is 1. The third kappa shape index (κ3) is 4.25. The Morgan fingerprint density at radius 3 is 2.69 bits per heavy atom. The lowest BCUT2D eigenvalue weighted by Gasteiger charge is -2.34. The minimum atomic E-state index is -4.59. The van der Waals surface area contributed by atoms with Crippen molar-refractivity contribution >= 4 is 59.2 Å². The number of halogens is 3. The van der Waals surface area contributed by atoms with Gasteiger partial charge >= 0.3 is 12.2 Å². The van der Waals surface area contributed by atoms with E-state index in [-0.39, 0.29) is 28.7 Å². The SMILES string of the molecule is Cc1cc2[nH]ncc2c(-c2nccc3c2sc2nc(OCC4CS(=O)C4)nc(N4CC5CCC(C4)N5)c23)c1C(F)(F)F. The molecule has 5 aromatic rings. The summed E-state index contributed by atoms with van der Waals surface area (Å²) in [4.78, 5) is 17.1. The maximum absolute atomic E-state index is 14.6. The quantitative estimate of drug-likeness (QED) is 0.291. The second kappa shape index (κ2) is 9.58. The number of hydrogen-bond donors (Lipinski definition) is 2. The molecule has 9 nitrogen and oxygen atoms in total. The molecule has 0 radical (unpaired) electrons. The molecule has 3 aliphatic rings. The van der Waals surface area contributed by atoms with Gasteiger partial charge in [0.1, 0.15) is 10.6 Å². The van der Waals surface area contributed by atoms with E-state index in [1.165, 1.54) is 30.5 Å². The fourth-order valence-corrected chi connectivity index (χ4v) is 8.91. The number of aromatic amines is 1. The van der Waals surface area contributed by atoms with Crippen LogP contribution in [0.2, 0.25) is 0 Å². The fourth-order valence-electron chi connectivity index (χ4n) is 6.61. The predicted molar refractivity (Wildman–Crippen MR) is 157 cm³/mol. The van der Waals surface area contributed by atoms with E-state index in [9.17, 15) is 17.4 Å². The lowest BCUT2D eigenvalue weighted by Crippen LogP contribution is -2.51. The van der Waals surface area contributed by atoms with Crippen molar-refractivity contribution in [3.8, 4) is 17.3 Å². The van der Waals surface area contributed by atoms with Gasteiger partial charge in [-0.2, -0.15) is 28.2 Å². The van der Waals surface area contributed by atoms with E-state index >= 15 is 0 Å². The number of nitrogens with one attached hydrogen (secondary N) is 2. The number of H-pyrrole nitrogens is 1. The molecule has 0 spiro atoms. The number of rotatable bonds is 5. The molecule has 3 fully saturated rings. The molecule has 0 amide bonds. The molecule has 3 aliphatic heterocycles. The van der Waals surface area contributed by atoms with Gasteiger partial charge in [0.15, 0.2) is 0 Å². The number of piperazine rings is 1. The molecule has 218 valence electrons. The Kier molecular flexibility index (Phi) is 5.99. The molecule has 3 saturated heterocycles.